The quantitative estimate of drug-likeness (QED) is 0.868. The van der Waals surface area contributed by atoms with Crippen LogP contribution in [0.15, 0.2) is 15.9 Å². The van der Waals surface area contributed by atoms with Crippen LogP contribution in [0, 0.1) is 0 Å². The molecule has 88 valence electrons. The monoisotopic (exact) mass is 309 g/mol. The van der Waals surface area contributed by atoms with E-state index in [1.165, 1.54) is 11.3 Å². The lowest BCUT2D eigenvalue weighted by Crippen LogP contribution is -2.42. The zero-order valence-electron chi connectivity index (χ0n) is 8.07. The van der Waals surface area contributed by atoms with Gasteiger partial charge in [0.2, 0.25) is 5.91 Å². The zero-order chi connectivity index (χ0) is 12.1. The number of hydrogen-bond donors (Lipinski definition) is 2. The molecule has 0 aliphatic carbocycles. The van der Waals surface area contributed by atoms with Crippen LogP contribution in [0.4, 0.5) is 4.39 Å². The molecule has 1 aromatic heterocycles. The standard InChI is InChI=1S/C9H9BrFNO3S/c10-7-2-1-5(16-7)3-8(13)12-6(4-11)9(14)15/h1-2,6H,3-4H2,(H,12,13)(H,14,15). The molecule has 1 atom stereocenters. The molecule has 0 bridgehead atoms. The molecule has 0 aliphatic rings. The van der Waals surface area contributed by atoms with Crippen molar-refractivity contribution in [3.63, 3.8) is 0 Å². The first kappa shape index (κ1) is 13.1. The molecule has 1 rings (SSSR count). The Bertz CT molecular complexity index is 396. The van der Waals surface area contributed by atoms with E-state index in [1.807, 2.05) is 0 Å². The van der Waals surface area contributed by atoms with Crippen molar-refractivity contribution in [3.8, 4) is 0 Å². The van der Waals surface area contributed by atoms with E-state index >= 15 is 0 Å². The highest BCUT2D eigenvalue weighted by Gasteiger charge is 2.19. The lowest BCUT2D eigenvalue weighted by atomic mass is 10.3. The summed E-state index contributed by atoms with van der Waals surface area (Å²) in [5.74, 6) is -1.87. The second-order valence-corrected chi connectivity index (χ2v) is 5.54. The molecule has 16 heavy (non-hydrogen) atoms. The lowest BCUT2D eigenvalue weighted by Gasteiger charge is -2.09. The Labute approximate surface area is 104 Å². The summed E-state index contributed by atoms with van der Waals surface area (Å²) in [5, 5.41) is 10.6. The van der Waals surface area contributed by atoms with Crippen LogP contribution < -0.4 is 5.32 Å². The van der Waals surface area contributed by atoms with E-state index < -0.39 is 24.6 Å². The summed E-state index contributed by atoms with van der Waals surface area (Å²) in [5.41, 5.74) is 0. The van der Waals surface area contributed by atoms with Crippen molar-refractivity contribution < 1.29 is 19.1 Å². The molecule has 0 fully saturated rings. The van der Waals surface area contributed by atoms with Crippen molar-refractivity contribution in [2.24, 2.45) is 0 Å². The Morgan fingerprint density at radius 1 is 1.56 bits per heavy atom. The number of carbonyl (C=O) groups excluding carboxylic acids is 1. The molecule has 0 saturated heterocycles. The summed E-state index contributed by atoms with van der Waals surface area (Å²) >= 11 is 4.62. The number of nitrogens with one attached hydrogen (secondary N) is 1. The van der Waals surface area contributed by atoms with Crippen LogP contribution in [0.3, 0.4) is 0 Å². The number of aliphatic carboxylic acids is 1. The summed E-state index contributed by atoms with van der Waals surface area (Å²) in [7, 11) is 0. The molecule has 2 N–H and O–H groups in total. The number of rotatable bonds is 5. The average molecular weight is 310 g/mol. The van der Waals surface area contributed by atoms with Crippen LogP contribution in [0.5, 0.6) is 0 Å². The van der Waals surface area contributed by atoms with E-state index in [9.17, 15) is 14.0 Å². The number of carbonyl (C=O) groups is 2. The van der Waals surface area contributed by atoms with Crippen LogP contribution >= 0.6 is 27.3 Å². The van der Waals surface area contributed by atoms with Gasteiger partial charge in [-0.05, 0) is 28.1 Å². The minimum Gasteiger partial charge on any atom is -0.480 e. The molecule has 0 aromatic carbocycles. The molecule has 1 amide bonds. The molecular weight excluding hydrogens is 301 g/mol. The van der Waals surface area contributed by atoms with Gasteiger partial charge < -0.3 is 10.4 Å². The molecular formula is C9H9BrFNO3S. The molecule has 1 unspecified atom stereocenters. The third-order valence-electron chi connectivity index (χ3n) is 1.75. The third kappa shape index (κ3) is 3.90. The second kappa shape index (κ2) is 5.95. The first-order chi connectivity index (χ1) is 7.52. The van der Waals surface area contributed by atoms with Gasteiger partial charge in [0.15, 0.2) is 6.04 Å². The van der Waals surface area contributed by atoms with Gasteiger partial charge in [0.05, 0.1) is 10.2 Å². The maximum atomic E-state index is 12.2. The largest absolute Gasteiger partial charge is 0.480 e. The Hall–Kier alpha value is -0.950. The minimum atomic E-state index is -1.46. The Morgan fingerprint density at radius 2 is 2.25 bits per heavy atom. The van der Waals surface area contributed by atoms with E-state index in [0.717, 1.165) is 8.66 Å². The van der Waals surface area contributed by atoms with Crippen molar-refractivity contribution in [3.05, 3.63) is 20.8 Å². The number of thiophene rings is 1. The van der Waals surface area contributed by atoms with Gasteiger partial charge in [-0.1, -0.05) is 0 Å². The summed E-state index contributed by atoms with van der Waals surface area (Å²) in [4.78, 5) is 22.6. The second-order valence-electron chi connectivity index (χ2n) is 3.00. The SMILES string of the molecule is O=C(Cc1ccc(Br)s1)NC(CF)C(=O)O. The van der Waals surface area contributed by atoms with Crippen molar-refractivity contribution in [1.82, 2.24) is 5.32 Å². The van der Waals surface area contributed by atoms with Crippen molar-refractivity contribution in [2.75, 3.05) is 6.67 Å². The Kier molecular flexibility index (Phi) is 4.88. The van der Waals surface area contributed by atoms with Crippen LogP contribution in [0.25, 0.3) is 0 Å². The van der Waals surface area contributed by atoms with Gasteiger partial charge >= 0.3 is 5.97 Å². The molecule has 0 spiro atoms. The van der Waals surface area contributed by atoms with E-state index in [1.54, 1.807) is 12.1 Å². The minimum absolute atomic E-state index is 0.0556. The fraction of sp³-hybridized carbons (Fsp3) is 0.333. The van der Waals surface area contributed by atoms with Gasteiger partial charge in [-0.3, -0.25) is 4.79 Å². The predicted octanol–water partition coefficient (Wildman–Crippen LogP) is 1.59. The molecule has 7 heteroatoms. The van der Waals surface area contributed by atoms with Gasteiger partial charge in [-0.25, -0.2) is 9.18 Å². The van der Waals surface area contributed by atoms with Crippen LogP contribution in [-0.2, 0) is 16.0 Å². The zero-order valence-corrected chi connectivity index (χ0v) is 10.5. The number of carboxylic acid groups (broad SMARTS) is 1. The topological polar surface area (TPSA) is 66.4 Å². The normalized spacial score (nSPS) is 12.1. The van der Waals surface area contributed by atoms with E-state index in [4.69, 9.17) is 5.11 Å². The van der Waals surface area contributed by atoms with Crippen molar-refractivity contribution in [1.29, 1.82) is 0 Å². The molecule has 0 saturated carbocycles. The van der Waals surface area contributed by atoms with Gasteiger partial charge in [0.25, 0.3) is 0 Å². The van der Waals surface area contributed by atoms with Gasteiger partial charge in [0.1, 0.15) is 6.67 Å². The number of amides is 1. The third-order valence-corrected chi connectivity index (χ3v) is 3.37. The maximum absolute atomic E-state index is 12.2. The predicted molar refractivity (Wildman–Crippen MR) is 61.3 cm³/mol. The number of carboxylic acids is 1. The first-order valence-electron chi connectivity index (χ1n) is 4.35. The average Bonchev–Trinajstić information content (AvgIpc) is 2.60. The number of hydrogen-bond acceptors (Lipinski definition) is 3. The highest BCUT2D eigenvalue weighted by molar-refractivity contribution is 9.11. The molecule has 1 aromatic rings. The molecule has 1 heterocycles. The van der Waals surface area contributed by atoms with Gasteiger partial charge in [-0.2, -0.15) is 0 Å². The smallest absolute Gasteiger partial charge is 0.328 e. The number of alkyl halides is 1. The Balaban J connectivity index is 2.50. The fourth-order valence-corrected chi connectivity index (χ4v) is 2.50. The van der Waals surface area contributed by atoms with Crippen molar-refractivity contribution in [2.45, 2.75) is 12.5 Å². The van der Waals surface area contributed by atoms with Gasteiger partial charge in [0, 0.05) is 4.88 Å². The molecule has 0 aliphatic heterocycles. The van der Waals surface area contributed by atoms with Gasteiger partial charge in [-0.15, -0.1) is 11.3 Å². The van der Waals surface area contributed by atoms with E-state index in [0.29, 0.717) is 0 Å². The summed E-state index contributed by atoms with van der Waals surface area (Å²) in [6.07, 6.45) is 0.0556. The van der Waals surface area contributed by atoms with E-state index in [-0.39, 0.29) is 6.42 Å². The highest BCUT2D eigenvalue weighted by atomic mass is 79.9. The summed E-state index contributed by atoms with van der Waals surface area (Å²) in [6, 6.07) is 2.08. The van der Waals surface area contributed by atoms with Crippen LogP contribution in [-0.4, -0.2) is 29.7 Å². The van der Waals surface area contributed by atoms with Crippen LogP contribution in [0.2, 0.25) is 0 Å². The van der Waals surface area contributed by atoms with Crippen LogP contribution in [0.1, 0.15) is 4.88 Å². The number of halogens is 2. The maximum Gasteiger partial charge on any atom is 0.328 e. The lowest BCUT2D eigenvalue weighted by molar-refractivity contribution is -0.142. The van der Waals surface area contributed by atoms with E-state index in [2.05, 4.69) is 21.2 Å². The molecule has 0 radical (unpaired) electrons. The Morgan fingerprint density at radius 3 is 2.69 bits per heavy atom. The first-order valence-corrected chi connectivity index (χ1v) is 5.96. The van der Waals surface area contributed by atoms with Crippen molar-refractivity contribution >= 4 is 39.1 Å². The fourth-order valence-electron chi connectivity index (χ4n) is 1.02. The highest BCUT2D eigenvalue weighted by Crippen LogP contribution is 2.22. The molecule has 4 nitrogen and oxygen atoms in total. The summed E-state index contributed by atoms with van der Waals surface area (Å²) < 4.78 is 13.1. The summed E-state index contributed by atoms with van der Waals surface area (Å²) in [6.45, 7) is -1.12.